The molecular weight excluding hydrogens is 425 g/mol. The summed E-state index contributed by atoms with van der Waals surface area (Å²) in [4.78, 5) is 16.4. The first-order valence-corrected chi connectivity index (χ1v) is 11.0. The molecule has 9 heteroatoms. The zero-order chi connectivity index (χ0) is 22.0. The van der Waals surface area contributed by atoms with Crippen LogP contribution in [0.1, 0.15) is 45.0 Å². The molecule has 3 aromatic rings. The number of nitrogens with zero attached hydrogens (tertiary/aromatic N) is 3. The fraction of sp³-hybridized carbons (Fsp3) is 0.364. The Kier molecular flexibility index (Phi) is 6.15. The molecule has 164 valence electrons. The van der Waals surface area contributed by atoms with Gasteiger partial charge in [0.05, 0.1) is 17.8 Å². The lowest BCUT2D eigenvalue weighted by molar-refractivity contribution is -0.144. The maximum absolute atomic E-state index is 13.5. The molecule has 31 heavy (non-hydrogen) atoms. The minimum Gasteiger partial charge on any atom is -0.350 e. The summed E-state index contributed by atoms with van der Waals surface area (Å²) in [6, 6.07) is 11.7. The molecule has 4 rings (SSSR count). The van der Waals surface area contributed by atoms with Crippen molar-refractivity contribution in [2.45, 2.75) is 38.7 Å². The number of rotatable bonds is 6. The Balaban J connectivity index is 1.55. The van der Waals surface area contributed by atoms with Gasteiger partial charge in [0.2, 0.25) is 0 Å². The number of hydrogen-bond donors (Lipinski definition) is 1. The Hall–Kier alpha value is -2.65. The summed E-state index contributed by atoms with van der Waals surface area (Å²) < 4.78 is 41.3. The van der Waals surface area contributed by atoms with Crippen molar-refractivity contribution in [3.05, 3.63) is 75.2 Å². The Morgan fingerprint density at radius 3 is 2.74 bits per heavy atom. The van der Waals surface area contributed by atoms with Gasteiger partial charge in [0.1, 0.15) is 0 Å². The predicted octanol–water partition coefficient (Wildman–Crippen LogP) is 4.51. The van der Waals surface area contributed by atoms with Gasteiger partial charge in [-0.1, -0.05) is 30.3 Å². The molecule has 1 unspecified atom stereocenters. The third-order valence-electron chi connectivity index (χ3n) is 5.57. The highest BCUT2D eigenvalue weighted by Gasteiger charge is 2.40. The van der Waals surface area contributed by atoms with Crippen molar-refractivity contribution in [1.82, 2.24) is 20.0 Å². The van der Waals surface area contributed by atoms with Gasteiger partial charge in [-0.15, -0.1) is 11.3 Å². The lowest BCUT2D eigenvalue weighted by Crippen LogP contribution is -2.40. The van der Waals surface area contributed by atoms with E-state index in [1.807, 2.05) is 30.3 Å². The summed E-state index contributed by atoms with van der Waals surface area (Å²) in [5, 5.41) is 8.56. The number of fused-ring (bicyclic) bond motifs is 1. The maximum Gasteiger partial charge on any atom is 0.433 e. The average Bonchev–Trinajstić information content (AvgIpc) is 3.41. The first kappa shape index (κ1) is 21.6. The smallest absolute Gasteiger partial charge is 0.350 e. The van der Waals surface area contributed by atoms with Crippen molar-refractivity contribution in [3.8, 4) is 0 Å². The topological polar surface area (TPSA) is 50.2 Å². The van der Waals surface area contributed by atoms with Crippen molar-refractivity contribution >= 4 is 17.2 Å². The lowest BCUT2D eigenvalue weighted by Gasteiger charge is -2.35. The molecule has 1 N–H and O–H groups in total. The number of aryl methyl sites for hydroxylation is 1. The van der Waals surface area contributed by atoms with E-state index in [-0.39, 0.29) is 19.1 Å². The Morgan fingerprint density at radius 2 is 2.03 bits per heavy atom. The van der Waals surface area contributed by atoms with Crippen molar-refractivity contribution in [2.75, 3.05) is 13.1 Å². The van der Waals surface area contributed by atoms with E-state index in [1.165, 1.54) is 10.4 Å². The number of aromatic nitrogens is 2. The minimum atomic E-state index is -4.65. The quantitative estimate of drug-likeness (QED) is 0.604. The molecular formula is C22H23F3N4OS. The van der Waals surface area contributed by atoms with Crippen molar-refractivity contribution in [3.63, 3.8) is 0 Å². The second-order valence-corrected chi connectivity index (χ2v) is 8.45. The fourth-order valence-corrected chi connectivity index (χ4v) is 4.93. The van der Waals surface area contributed by atoms with Crippen molar-refractivity contribution in [1.29, 1.82) is 0 Å². The van der Waals surface area contributed by atoms with Crippen LogP contribution in [-0.2, 0) is 25.7 Å². The summed E-state index contributed by atoms with van der Waals surface area (Å²) in [6.07, 6.45) is -2.73. The number of benzene rings is 1. The van der Waals surface area contributed by atoms with Crippen LogP contribution < -0.4 is 5.32 Å². The predicted molar refractivity (Wildman–Crippen MR) is 113 cm³/mol. The SMILES string of the molecule is CCn1ncc(C(=O)NCC(c2ccccc2)N2CCc3sccc3C2)c1C(F)(F)F. The van der Waals surface area contributed by atoms with Crippen LogP contribution in [0.5, 0.6) is 0 Å². The molecule has 0 spiro atoms. The van der Waals surface area contributed by atoms with Crippen LogP contribution in [-0.4, -0.2) is 33.7 Å². The third kappa shape index (κ3) is 4.52. The lowest BCUT2D eigenvalue weighted by atomic mass is 10.0. The molecule has 0 aliphatic carbocycles. The second kappa shape index (κ2) is 8.84. The zero-order valence-electron chi connectivity index (χ0n) is 17.0. The van der Waals surface area contributed by atoms with Crippen LogP contribution in [0, 0.1) is 0 Å². The van der Waals surface area contributed by atoms with Gasteiger partial charge in [-0.2, -0.15) is 18.3 Å². The number of nitrogens with one attached hydrogen (secondary N) is 1. The van der Waals surface area contributed by atoms with Crippen LogP contribution in [0.2, 0.25) is 0 Å². The molecule has 0 saturated heterocycles. The molecule has 3 heterocycles. The number of hydrogen-bond acceptors (Lipinski definition) is 4. The molecule has 1 atom stereocenters. The molecule has 2 aromatic heterocycles. The van der Waals surface area contributed by atoms with Crippen LogP contribution in [0.3, 0.4) is 0 Å². The summed E-state index contributed by atoms with van der Waals surface area (Å²) in [6.45, 7) is 3.37. The van der Waals surface area contributed by atoms with Gasteiger partial charge in [0, 0.05) is 31.1 Å². The van der Waals surface area contributed by atoms with E-state index in [9.17, 15) is 18.0 Å². The van der Waals surface area contributed by atoms with Gasteiger partial charge in [0.25, 0.3) is 5.91 Å². The highest BCUT2D eigenvalue weighted by Crippen LogP contribution is 2.33. The normalized spacial score (nSPS) is 15.5. The second-order valence-electron chi connectivity index (χ2n) is 7.45. The van der Waals surface area contributed by atoms with Crippen LogP contribution in [0.4, 0.5) is 13.2 Å². The summed E-state index contributed by atoms with van der Waals surface area (Å²) in [5.41, 5.74) is 0.832. The number of halogens is 3. The molecule has 0 fully saturated rings. The standard InChI is InChI=1S/C22H23F3N4OS/c1-2-29-20(22(23,24)25)17(12-27-29)21(30)26-13-18(15-6-4-3-5-7-15)28-10-8-19-16(14-28)9-11-31-19/h3-7,9,11-12,18H,2,8,10,13-14H2,1H3,(H,26,30). The van der Waals surface area contributed by atoms with Crippen LogP contribution in [0.15, 0.2) is 48.0 Å². The highest BCUT2D eigenvalue weighted by molar-refractivity contribution is 7.10. The molecule has 1 aliphatic rings. The Labute approximate surface area is 182 Å². The number of carbonyl (C=O) groups excluding carboxylic acids is 1. The Morgan fingerprint density at radius 1 is 1.26 bits per heavy atom. The first-order chi connectivity index (χ1) is 14.9. The number of carbonyl (C=O) groups is 1. The van der Waals surface area contributed by atoms with Crippen molar-refractivity contribution in [2.24, 2.45) is 0 Å². The molecule has 0 saturated carbocycles. The minimum absolute atomic E-state index is 0.0332. The molecule has 5 nitrogen and oxygen atoms in total. The van der Waals surface area contributed by atoms with Gasteiger partial charge in [-0.25, -0.2) is 0 Å². The van der Waals surface area contributed by atoms with E-state index in [1.54, 1.807) is 18.3 Å². The number of thiophene rings is 1. The van der Waals surface area contributed by atoms with Gasteiger partial charge < -0.3 is 5.32 Å². The van der Waals surface area contributed by atoms with Gasteiger partial charge in [-0.3, -0.25) is 14.4 Å². The number of alkyl halides is 3. The van der Waals surface area contributed by atoms with E-state index in [4.69, 9.17) is 0 Å². The fourth-order valence-electron chi connectivity index (χ4n) is 4.04. The summed E-state index contributed by atoms with van der Waals surface area (Å²) in [7, 11) is 0. The maximum atomic E-state index is 13.5. The van der Waals surface area contributed by atoms with Gasteiger partial charge >= 0.3 is 6.18 Å². The van der Waals surface area contributed by atoms with Crippen LogP contribution >= 0.6 is 11.3 Å². The zero-order valence-corrected chi connectivity index (χ0v) is 17.8. The number of amides is 1. The highest BCUT2D eigenvalue weighted by atomic mass is 32.1. The largest absolute Gasteiger partial charge is 0.433 e. The van der Waals surface area contributed by atoms with E-state index in [2.05, 4.69) is 26.8 Å². The molecule has 1 amide bonds. The van der Waals surface area contributed by atoms with Gasteiger partial charge in [-0.05, 0) is 35.9 Å². The molecule has 0 bridgehead atoms. The van der Waals surface area contributed by atoms with E-state index in [0.29, 0.717) is 0 Å². The summed E-state index contributed by atoms with van der Waals surface area (Å²) in [5.74, 6) is -0.763. The molecule has 0 radical (unpaired) electrons. The third-order valence-corrected chi connectivity index (χ3v) is 6.59. The molecule has 1 aromatic carbocycles. The van der Waals surface area contributed by atoms with Crippen molar-refractivity contribution < 1.29 is 18.0 Å². The Bertz CT molecular complexity index is 1040. The van der Waals surface area contributed by atoms with E-state index in [0.717, 1.165) is 36.0 Å². The van der Waals surface area contributed by atoms with Crippen LogP contribution in [0.25, 0.3) is 0 Å². The van der Waals surface area contributed by atoms with E-state index < -0.39 is 23.3 Å². The summed E-state index contributed by atoms with van der Waals surface area (Å²) >= 11 is 1.75. The first-order valence-electron chi connectivity index (χ1n) is 10.1. The monoisotopic (exact) mass is 448 g/mol. The average molecular weight is 449 g/mol. The van der Waals surface area contributed by atoms with E-state index >= 15 is 0 Å². The molecule has 1 aliphatic heterocycles. The van der Waals surface area contributed by atoms with Gasteiger partial charge in [0.15, 0.2) is 5.69 Å².